The van der Waals surface area contributed by atoms with E-state index >= 15 is 0 Å². The number of aryl methyl sites for hydroxylation is 1. The van der Waals surface area contributed by atoms with Crippen LogP contribution in [0.2, 0.25) is 0 Å². The van der Waals surface area contributed by atoms with Crippen molar-refractivity contribution >= 4 is 74.4 Å². The number of carbonyl (C=O) groups is 2. The van der Waals surface area contributed by atoms with Crippen molar-refractivity contribution in [1.82, 2.24) is 15.5 Å². The third kappa shape index (κ3) is 12.2. The first kappa shape index (κ1) is 31.8. The quantitative estimate of drug-likeness (QED) is 0.127. The number of aromatic nitrogens is 2. The van der Waals surface area contributed by atoms with Crippen molar-refractivity contribution < 1.29 is 9.59 Å². The van der Waals surface area contributed by atoms with E-state index in [0.717, 1.165) is 44.8 Å². The van der Waals surface area contributed by atoms with Gasteiger partial charge in [0.25, 0.3) is 0 Å². The van der Waals surface area contributed by atoms with Gasteiger partial charge in [0.1, 0.15) is 5.01 Å². The van der Waals surface area contributed by atoms with Crippen LogP contribution < -0.4 is 10.6 Å². The number of aliphatic imine (C=N–C) groups is 2. The standard InChI is InChI=1S/C28H32N8O2S3/c1-31-17-21-7-3-19(4-8-21)15-24(37)33-27(30)40-23(29)11-13-39-14-12-26-35-36-28(41-26)34-25(38)16-20-5-9-22(10-6-20)18-32-2/h3-10,17-18,29H,11-16H2,1-2H3,(H2,30,33,37)(H,34,36,38). The number of thioether (sulfide) groups is 2. The van der Waals surface area contributed by atoms with E-state index in [-0.39, 0.29) is 29.8 Å². The van der Waals surface area contributed by atoms with Gasteiger partial charge in [-0.25, -0.2) is 0 Å². The highest BCUT2D eigenvalue weighted by molar-refractivity contribution is 8.26. The van der Waals surface area contributed by atoms with Crippen LogP contribution in [0.4, 0.5) is 5.13 Å². The molecule has 0 atom stereocenters. The van der Waals surface area contributed by atoms with Gasteiger partial charge in [0.05, 0.1) is 17.9 Å². The fourth-order valence-electron chi connectivity index (χ4n) is 3.48. The van der Waals surface area contributed by atoms with Crippen LogP contribution in [0.1, 0.15) is 33.7 Å². The van der Waals surface area contributed by atoms with E-state index < -0.39 is 0 Å². The maximum atomic E-state index is 12.3. The highest BCUT2D eigenvalue weighted by Crippen LogP contribution is 2.19. The zero-order valence-electron chi connectivity index (χ0n) is 22.8. The Morgan fingerprint density at radius 2 is 1.46 bits per heavy atom. The number of amidine groups is 1. The maximum absolute atomic E-state index is 12.3. The third-order valence-corrected chi connectivity index (χ3v) is 8.01. The summed E-state index contributed by atoms with van der Waals surface area (Å²) in [5.41, 5.74) is 3.69. The Labute approximate surface area is 252 Å². The number of nitrogens with one attached hydrogen (secondary N) is 4. The molecule has 2 amide bonds. The Morgan fingerprint density at radius 3 is 2.05 bits per heavy atom. The second-order valence-corrected chi connectivity index (χ2v) is 12.1. The maximum Gasteiger partial charge on any atom is 0.230 e. The van der Waals surface area contributed by atoms with E-state index in [1.54, 1.807) is 38.3 Å². The first-order valence-corrected chi connectivity index (χ1v) is 15.5. The summed E-state index contributed by atoms with van der Waals surface area (Å²) in [4.78, 5) is 32.5. The van der Waals surface area contributed by atoms with Crippen molar-refractivity contribution in [2.75, 3.05) is 30.9 Å². The molecule has 4 N–H and O–H groups in total. The summed E-state index contributed by atoms with van der Waals surface area (Å²) in [6.07, 6.45) is 5.11. The Bertz CT molecular complexity index is 1390. The highest BCUT2D eigenvalue weighted by Gasteiger charge is 2.11. The molecule has 2 aromatic carbocycles. The number of hydrogen-bond acceptors (Lipinski definition) is 11. The number of amides is 2. The lowest BCUT2D eigenvalue weighted by molar-refractivity contribution is -0.119. The molecule has 3 rings (SSSR count). The van der Waals surface area contributed by atoms with E-state index in [4.69, 9.17) is 10.8 Å². The summed E-state index contributed by atoms with van der Waals surface area (Å²) < 4.78 is 0. The van der Waals surface area contributed by atoms with Crippen molar-refractivity contribution in [1.29, 1.82) is 10.8 Å². The largest absolute Gasteiger partial charge is 0.305 e. The molecule has 0 radical (unpaired) electrons. The molecule has 0 aliphatic carbocycles. The number of hydrogen-bond donors (Lipinski definition) is 4. The van der Waals surface area contributed by atoms with Crippen LogP contribution in [0.3, 0.4) is 0 Å². The summed E-state index contributed by atoms with van der Waals surface area (Å²) in [5.74, 6) is 1.08. The predicted molar refractivity (Wildman–Crippen MR) is 173 cm³/mol. The van der Waals surface area contributed by atoms with E-state index in [1.807, 2.05) is 48.5 Å². The second-order valence-electron chi connectivity index (χ2n) is 8.68. The first-order chi connectivity index (χ1) is 19.8. The van der Waals surface area contributed by atoms with Gasteiger partial charge in [0, 0.05) is 39.4 Å². The SMILES string of the molecule is CN=Cc1ccc(CC(=O)NC(=N)SC(=N)CCSCCc2nnc(NC(=O)Cc3ccc(C=NC)cc3)s2)cc1. The minimum atomic E-state index is -0.286. The second kappa shape index (κ2) is 17.2. The van der Waals surface area contributed by atoms with Gasteiger partial charge in [-0.05, 0) is 45.5 Å². The molecule has 1 aromatic heterocycles. The molecule has 214 valence electrons. The summed E-state index contributed by atoms with van der Waals surface area (Å²) >= 11 is 3.98. The summed E-state index contributed by atoms with van der Waals surface area (Å²) in [6, 6.07) is 15.1. The fourth-order valence-corrected chi connectivity index (χ4v) is 6.00. The van der Waals surface area contributed by atoms with Gasteiger partial charge in [0.2, 0.25) is 16.9 Å². The highest BCUT2D eigenvalue weighted by atomic mass is 32.2. The van der Waals surface area contributed by atoms with Crippen molar-refractivity contribution in [2.45, 2.75) is 25.7 Å². The van der Waals surface area contributed by atoms with E-state index in [1.165, 1.54) is 11.3 Å². The minimum Gasteiger partial charge on any atom is -0.305 e. The topological polar surface area (TPSA) is 156 Å². The Morgan fingerprint density at radius 1 is 0.878 bits per heavy atom. The molecule has 41 heavy (non-hydrogen) atoms. The molecule has 3 aromatic rings. The number of benzene rings is 2. The molecule has 0 spiro atoms. The van der Waals surface area contributed by atoms with Gasteiger partial charge < -0.3 is 10.6 Å². The molecular weight excluding hydrogens is 577 g/mol. The van der Waals surface area contributed by atoms with Crippen LogP contribution >= 0.6 is 34.9 Å². The monoisotopic (exact) mass is 608 g/mol. The molecule has 0 aliphatic rings. The lowest BCUT2D eigenvalue weighted by Crippen LogP contribution is -2.29. The third-order valence-electron chi connectivity index (χ3n) is 5.37. The summed E-state index contributed by atoms with van der Waals surface area (Å²) in [5, 5.41) is 31.2. The van der Waals surface area contributed by atoms with Gasteiger partial charge in [-0.1, -0.05) is 59.9 Å². The van der Waals surface area contributed by atoms with E-state index in [2.05, 4.69) is 30.8 Å². The van der Waals surface area contributed by atoms with Gasteiger partial charge in [-0.3, -0.25) is 30.4 Å². The Hall–Kier alpha value is -3.68. The van der Waals surface area contributed by atoms with Gasteiger partial charge in [0.15, 0.2) is 5.17 Å². The van der Waals surface area contributed by atoms with Crippen LogP contribution in [0.15, 0.2) is 58.5 Å². The van der Waals surface area contributed by atoms with Gasteiger partial charge in [-0.15, -0.1) is 10.2 Å². The Kier molecular flexibility index (Phi) is 13.4. The van der Waals surface area contributed by atoms with Crippen LogP contribution in [0.25, 0.3) is 0 Å². The first-order valence-electron chi connectivity index (χ1n) is 12.7. The van der Waals surface area contributed by atoms with Crippen LogP contribution in [-0.2, 0) is 28.9 Å². The zero-order chi connectivity index (χ0) is 29.5. The van der Waals surface area contributed by atoms with Crippen LogP contribution in [0, 0.1) is 10.8 Å². The van der Waals surface area contributed by atoms with E-state index in [9.17, 15) is 9.59 Å². The minimum absolute atomic E-state index is 0.0499. The molecule has 1 heterocycles. The normalized spacial score (nSPS) is 11.2. The molecule has 0 saturated carbocycles. The number of anilines is 1. The lowest BCUT2D eigenvalue weighted by atomic mass is 10.1. The van der Waals surface area contributed by atoms with Gasteiger partial charge in [-0.2, -0.15) is 11.8 Å². The smallest absolute Gasteiger partial charge is 0.230 e. The molecule has 10 nitrogen and oxygen atoms in total. The average molecular weight is 609 g/mol. The van der Waals surface area contributed by atoms with Crippen molar-refractivity contribution in [3.8, 4) is 0 Å². The lowest BCUT2D eigenvalue weighted by Gasteiger charge is -2.07. The summed E-state index contributed by atoms with van der Waals surface area (Å²) in [6.45, 7) is 0. The average Bonchev–Trinajstić information content (AvgIpc) is 3.37. The molecule has 13 heteroatoms. The number of rotatable bonds is 13. The molecule has 0 fully saturated rings. The molecule has 0 unspecified atom stereocenters. The number of carbonyl (C=O) groups excluding carboxylic acids is 2. The van der Waals surface area contributed by atoms with Crippen molar-refractivity contribution in [2.24, 2.45) is 9.98 Å². The predicted octanol–water partition coefficient (Wildman–Crippen LogP) is 4.49. The molecule has 0 bridgehead atoms. The fraction of sp³-hybridized carbons (Fsp3) is 0.286. The zero-order valence-corrected chi connectivity index (χ0v) is 25.3. The van der Waals surface area contributed by atoms with Gasteiger partial charge >= 0.3 is 0 Å². The molecular formula is C28H32N8O2S3. The van der Waals surface area contributed by atoms with Crippen molar-refractivity contribution in [3.05, 3.63) is 75.8 Å². The molecule has 0 aliphatic heterocycles. The number of nitrogens with zero attached hydrogens (tertiary/aromatic N) is 4. The van der Waals surface area contributed by atoms with Crippen molar-refractivity contribution in [3.63, 3.8) is 0 Å². The van der Waals surface area contributed by atoms with E-state index in [0.29, 0.717) is 28.8 Å². The summed E-state index contributed by atoms with van der Waals surface area (Å²) in [7, 11) is 3.42. The van der Waals surface area contributed by atoms with Crippen LogP contribution in [0.5, 0.6) is 0 Å². The Balaban J connectivity index is 1.27. The molecule has 0 saturated heterocycles. The van der Waals surface area contributed by atoms with Crippen LogP contribution in [-0.4, -0.2) is 70.3 Å².